The van der Waals surface area contributed by atoms with E-state index in [0.29, 0.717) is 10.6 Å². The Labute approximate surface area is 173 Å². The molecular formula is C21H18ClFN2O3S. The summed E-state index contributed by atoms with van der Waals surface area (Å²) in [5.41, 5.74) is 1.10. The predicted molar refractivity (Wildman–Crippen MR) is 110 cm³/mol. The summed E-state index contributed by atoms with van der Waals surface area (Å²) in [5, 5.41) is 3.27. The third-order valence-corrected chi connectivity index (χ3v) is 6.00. The lowest BCUT2D eigenvalue weighted by atomic mass is 9.98. The standard InChI is InChI=1S/C21H18ClFN2O3S/c1-24-29(27,28)17-10-11-19(23)18(13-17)21(26)25-20(14-6-3-2-4-7-14)15-8-5-9-16(22)12-15/h2-13,20,24H,1H3,(H,25,26). The van der Waals surface area contributed by atoms with Crippen molar-refractivity contribution in [2.75, 3.05) is 7.05 Å². The normalized spacial score (nSPS) is 12.4. The quantitative estimate of drug-likeness (QED) is 0.620. The molecule has 1 amide bonds. The van der Waals surface area contributed by atoms with Gasteiger partial charge in [0.15, 0.2) is 0 Å². The molecule has 5 nitrogen and oxygen atoms in total. The number of nitrogens with one attached hydrogen (secondary N) is 2. The van der Waals surface area contributed by atoms with E-state index in [4.69, 9.17) is 11.6 Å². The van der Waals surface area contributed by atoms with Crippen LogP contribution in [-0.2, 0) is 10.0 Å². The molecule has 0 radical (unpaired) electrons. The first kappa shape index (κ1) is 21.0. The molecule has 3 aromatic carbocycles. The van der Waals surface area contributed by atoms with Crippen molar-refractivity contribution in [3.05, 3.63) is 100 Å². The van der Waals surface area contributed by atoms with Gasteiger partial charge in [-0.25, -0.2) is 17.5 Å². The number of carbonyl (C=O) groups is 1. The van der Waals surface area contributed by atoms with Crippen molar-refractivity contribution >= 4 is 27.5 Å². The predicted octanol–water partition coefficient (Wildman–Crippen LogP) is 3.91. The van der Waals surface area contributed by atoms with E-state index >= 15 is 0 Å². The molecule has 2 N–H and O–H groups in total. The lowest BCUT2D eigenvalue weighted by Crippen LogP contribution is -2.30. The number of hydrogen-bond donors (Lipinski definition) is 2. The molecule has 3 aromatic rings. The smallest absolute Gasteiger partial charge is 0.255 e. The molecule has 8 heteroatoms. The van der Waals surface area contributed by atoms with Crippen molar-refractivity contribution in [3.63, 3.8) is 0 Å². The number of benzene rings is 3. The van der Waals surface area contributed by atoms with E-state index in [0.717, 1.165) is 23.8 Å². The minimum absolute atomic E-state index is 0.203. The molecule has 3 rings (SSSR count). The summed E-state index contributed by atoms with van der Waals surface area (Å²) in [6.45, 7) is 0. The molecule has 0 bridgehead atoms. The Morgan fingerprint density at radius 2 is 1.66 bits per heavy atom. The molecule has 0 aliphatic heterocycles. The molecule has 0 heterocycles. The summed E-state index contributed by atoms with van der Waals surface area (Å²) in [6, 6.07) is 18.5. The van der Waals surface area contributed by atoms with E-state index in [1.54, 1.807) is 24.3 Å². The fourth-order valence-corrected chi connectivity index (χ4v) is 3.82. The summed E-state index contributed by atoms with van der Waals surface area (Å²) in [7, 11) is -2.58. The average Bonchev–Trinajstić information content (AvgIpc) is 2.72. The Balaban J connectivity index is 2.01. The van der Waals surface area contributed by atoms with Crippen molar-refractivity contribution < 1.29 is 17.6 Å². The van der Waals surface area contributed by atoms with Gasteiger partial charge in [0.1, 0.15) is 5.82 Å². The van der Waals surface area contributed by atoms with Gasteiger partial charge in [0.25, 0.3) is 5.91 Å². The van der Waals surface area contributed by atoms with Crippen LogP contribution in [0.15, 0.2) is 77.7 Å². The van der Waals surface area contributed by atoms with Gasteiger partial charge in [0, 0.05) is 5.02 Å². The Morgan fingerprint density at radius 1 is 0.966 bits per heavy atom. The summed E-state index contributed by atoms with van der Waals surface area (Å²) >= 11 is 6.10. The van der Waals surface area contributed by atoms with Gasteiger partial charge >= 0.3 is 0 Å². The number of halogens is 2. The van der Waals surface area contributed by atoms with Crippen molar-refractivity contribution in [2.24, 2.45) is 0 Å². The van der Waals surface area contributed by atoms with Crippen molar-refractivity contribution in [2.45, 2.75) is 10.9 Å². The third kappa shape index (κ3) is 4.82. The summed E-state index contributed by atoms with van der Waals surface area (Å²) in [5.74, 6) is -1.57. The highest BCUT2D eigenvalue weighted by Gasteiger charge is 2.22. The van der Waals surface area contributed by atoms with Gasteiger partial charge in [-0.05, 0) is 48.5 Å². The maximum atomic E-state index is 14.3. The van der Waals surface area contributed by atoms with Gasteiger partial charge < -0.3 is 5.32 Å². The molecule has 0 aromatic heterocycles. The first-order chi connectivity index (χ1) is 13.8. The summed E-state index contributed by atoms with van der Waals surface area (Å²) in [4.78, 5) is 12.7. The highest BCUT2D eigenvalue weighted by atomic mass is 35.5. The van der Waals surface area contributed by atoms with Gasteiger partial charge in [-0.2, -0.15) is 0 Å². The van der Waals surface area contributed by atoms with E-state index in [1.165, 1.54) is 7.05 Å². The van der Waals surface area contributed by atoms with Gasteiger partial charge in [0.2, 0.25) is 10.0 Å². The second kappa shape index (κ2) is 8.73. The van der Waals surface area contributed by atoms with Crippen molar-refractivity contribution in [3.8, 4) is 0 Å². The largest absolute Gasteiger partial charge is 0.341 e. The second-order valence-electron chi connectivity index (χ2n) is 6.22. The number of amides is 1. The fourth-order valence-electron chi connectivity index (χ4n) is 2.86. The van der Waals surface area contributed by atoms with Crippen LogP contribution in [-0.4, -0.2) is 21.4 Å². The molecule has 0 aliphatic carbocycles. The van der Waals surface area contributed by atoms with Gasteiger partial charge in [0.05, 0.1) is 16.5 Å². The Bertz CT molecular complexity index is 1140. The average molecular weight is 433 g/mol. The molecule has 0 spiro atoms. The lowest BCUT2D eigenvalue weighted by Gasteiger charge is -2.20. The summed E-state index contributed by atoms with van der Waals surface area (Å²) < 4.78 is 40.5. The van der Waals surface area contributed by atoms with Crippen molar-refractivity contribution in [1.82, 2.24) is 10.0 Å². The molecule has 0 fully saturated rings. The SMILES string of the molecule is CNS(=O)(=O)c1ccc(F)c(C(=O)NC(c2ccccc2)c2cccc(Cl)c2)c1. The van der Waals surface area contributed by atoms with Crippen LogP contribution in [0, 0.1) is 5.82 Å². The minimum atomic E-state index is -3.82. The maximum Gasteiger partial charge on any atom is 0.255 e. The second-order valence-corrected chi connectivity index (χ2v) is 8.54. The van der Waals surface area contributed by atoms with Gasteiger partial charge in [-0.3, -0.25) is 4.79 Å². The molecule has 1 unspecified atom stereocenters. The van der Waals surface area contributed by atoms with Crippen LogP contribution >= 0.6 is 11.6 Å². The van der Waals surface area contributed by atoms with E-state index in [9.17, 15) is 17.6 Å². The number of rotatable bonds is 6. The van der Waals surface area contributed by atoms with Crippen LogP contribution in [0.2, 0.25) is 5.02 Å². The first-order valence-corrected chi connectivity index (χ1v) is 10.5. The molecule has 0 aliphatic rings. The molecular weight excluding hydrogens is 415 g/mol. The zero-order valence-corrected chi connectivity index (χ0v) is 17.0. The first-order valence-electron chi connectivity index (χ1n) is 8.66. The highest BCUT2D eigenvalue weighted by Crippen LogP contribution is 2.25. The van der Waals surface area contributed by atoms with E-state index in [-0.39, 0.29) is 10.5 Å². The fraction of sp³-hybridized carbons (Fsp3) is 0.0952. The van der Waals surface area contributed by atoms with Crippen LogP contribution in [0.1, 0.15) is 27.5 Å². The molecule has 0 saturated heterocycles. The molecule has 29 heavy (non-hydrogen) atoms. The van der Waals surface area contributed by atoms with Crippen LogP contribution in [0.5, 0.6) is 0 Å². The van der Waals surface area contributed by atoms with E-state index < -0.39 is 27.8 Å². The Morgan fingerprint density at radius 3 is 2.31 bits per heavy atom. The Hall–Kier alpha value is -2.74. The third-order valence-electron chi connectivity index (χ3n) is 4.35. The Kier molecular flexibility index (Phi) is 6.32. The van der Waals surface area contributed by atoms with Crippen LogP contribution in [0.4, 0.5) is 4.39 Å². The number of sulfonamides is 1. The highest BCUT2D eigenvalue weighted by molar-refractivity contribution is 7.89. The van der Waals surface area contributed by atoms with Gasteiger partial charge in [-0.1, -0.05) is 54.1 Å². The van der Waals surface area contributed by atoms with E-state index in [2.05, 4.69) is 10.0 Å². The molecule has 150 valence electrons. The molecule has 0 saturated carbocycles. The summed E-state index contributed by atoms with van der Waals surface area (Å²) in [6.07, 6.45) is 0. The topological polar surface area (TPSA) is 75.3 Å². The van der Waals surface area contributed by atoms with E-state index in [1.807, 2.05) is 30.3 Å². The maximum absolute atomic E-state index is 14.3. The zero-order valence-electron chi connectivity index (χ0n) is 15.4. The minimum Gasteiger partial charge on any atom is -0.341 e. The number of hydrogen-bond acceptors (Lipinski definition) is 3. The van der Waals surface area contributed by atoms with Crippen LogP contribution < -0.4 is 10.0 Å². The lowest BCUT2D eigenvalue weighted by molar-refractivity contribution is 0.0938. The van der Waals surface area contributed by atoms with Crippen molar-refractivity contribution in [1.29, 1.82) is 0 Å². The van der Waals surface area contributed by atoms with Crippen LogP contribution in [0.3, 0.4) is 0 Å². The zero-order chi connectivity index (χ0) is 21.0. The molecule has 1 atom stereocenters. The van der Waals surface area contributed by atoms with Crippen LogP contribution in [0.25, 0.3) is 0 Å². The monoisotopic (exact) mass is 432 g/mol. The number of carbonyl (C=O) groups excluding carboxylic acids is 1. The van der Waals surface area contributed by atoms with Gasteiger partial charge in [-0.15, -0.1) is 0 Å².